The average molecular weight is 511 g/mol. The molecule has 0 fully saturated rings. The zero-order valence-electron chi connectivity index (χ0n) is 21.9. The van der Waals surface area contributed by atoms with Crippen molar-refractivity contribution < 1.29 is 19.4 Å². The Balaban J connectivity index is 1.49. The number of para-hydroxylation sites is 2. The van der Waals surface area contributed by atoms with Crippen molar-refractivity contribution in [3.63, 3.8) is 0 Å². The van der Waals surface area contributed by atoms with Gasteiger partial charge in [-0.2, -0.15) is 0 Å². The van der Waals surface area contributed by atoms with Crippen LogP contribution in [0.4, 0.5) is 5.69 Å². The lowest BCUT2D eigenvalue weighted by atomic mass is 10.0. The Hall–Kier alpha value is -4.32. The minimum absolute atomic E-state index is 0.0374. The number of aliphatic carboxylic acids is 1. The number of carboxylic acids is 1. The predicted molar refractivity (Wildman–Crippen MR) is 153 cm³/mol. The molecule has 4 aromatic rings. The number of ether oxygens (including phenoxy) is 1. The third-order valence-corrected chi connectivity index (χ3v) is 6.54. The number of carboxylic acid groups (broad SMARTS) is 1. The van der Waals surface area contributed by atoms with E-state index in [0.29, 0.717) is 17.9 Å². The van der Waals surface area contributed by atoms with E-state index in [1.165, 1.54) is 11.1 Å². The first-order valence-electron chi connectivity index (χ1n) is 13.0. The maximum atomic E-state index is 12.8. The average Bonchev–Trinajstić information content (AvgIpc) is 3.34. The molecule has 3 aromatic carbocycles. The van der Waals surface area contributed by atoms with Gasteiger partial charge in [0.1, 0.15) is 5.75 Å². The van der Waals surface area contributed by atoms with Gasteiger partial charge in [-0.1, -0.05) is 61.9 Å². The van der Waals surface area contributed by atoms with E-state index in [0.717, 1.165) is 29.4 Å². The standard InChI is InChI=1S/C32H34N2O4/c1-3-10-28(24-11-5-4-6-12-24)34-19-18-26-22-25(16-17-29(26)34)23(2)21-31(35)33-27-13-7-8-14-30(27)38-20-9-15-32(36)37/h4-8,11-14,16-19,21-22,28H,3,9-10,15,20H2,1-2H3,(H,33,35)(H,36,37). The zero-order valence-corrected chi connectivity index (χ0v) is 21.9. The molecule has 1 heterocycles. The van der Waals surface area contributed by atoms with Crippen molar-refractivity contribution in [3.05, 3.63) is 102 Å². The minimum atomic E-state index is -0.859. The Morgan fingerprint density at radius 1 is 1.03 bits per heavy atom. The fourth-order valence-corrected chi connectivity index (χ4v) is 4.65. The number of benzene rings is 3. The second-order valence-electron chi connectivity index (χ2n) is 9.37. The van der Waals surface area contributed by atoms with Gasteiger partial charge in [0.05, 0.1) is 18.3 Å². The topological polar surface area (TPSA) is 80.6 Å². The van der Waals surface area contributed by atoms with Gasteiger partial charge in [-0.15, -0.1) is 0 Å². The summed E-state index contributed by atoms with van der Waals surface area (Å²) in [5.41, 5.74) is 4.85. The van der Waals surface area contributed by atoms with Crippen molar-refractivity contribution in [1.82, 2.24) is 4.57 Å². The molecule has 6 nitrogen and oxygen atoms in total. The summed E-state index contributed by atoms with van der Waals surface area (Å²) < 4.78 is 8.04. The summed E-state index contributed by atoms with van der Waals surface area (Å²) in [6, 6.07) is 26.5. The monoisotopic (exact) mass is 510 g/mol. The zero-order chi connectivity index (χ0) is 26.9. The number of carbonyl (C=O) groups excluding carboxylic acids is 1. The van der Waals surface area contributed by atoms with Gasteiger partial charge < -0.3 is 19.7 Å². The van der Waals surface area contributed by atoms with Gasteiger partial charge in [-0.3, -0.25) is 9.59 Å². The van der Waals surface area contributed by atoms with Crippen LogP contribution in [0, 0.1) is 0 Å². The van der Waals surface area contributed by atoms with Crippen molar-refractivity contribution in [2.45, 2.75) is 45.6 Å². The number of anilines is 1. The summed E-state index contributed by atoms with van der Waals surface area (Å²) in [6.07, 6.45) is 6.31. The summed E-state index contributed by atoms with van der Waals surface area (Å²) in [4.78, 5) is 23.5. The Morgan fingerprint density at radius 2 is 1.79 bits per heavy atom. The molecule has 1 aromatic heterocycles. The third kappa shape index (κ3) is 6.71. The van der Waals surface area contributed by atoms with Gasteiger partial charge in [0, 0.05) is 29.6 Å². The second kappa shape index (κ2) is 12.8. The van der Waals surface area contributed by atoms with Crippen LogP contribution in [0.3, 0.4) is 0 Å². The molecule has 4 rings (SSSR count). The van der Waals surface area contributed by atoms with Gasteiger partial charge >= 0.3 is 5.97 Å². The van der Waals surface area contributed by atoms with Crippen LogP contribution in [-0.4, -0.2) is 28.2 Å². The molecule has 0 aliphatic heterocycles. The fourth-order valence-electron chi connectivity index (χ4n) is 4.65. The van der Waals surface area contributed by atoms with Gasteiger partial charge in [0.15, 0.2) is 0 Å². The number of nitrogens with one attached hydrogen (secondary N) is 1. The smallest absolute Gasteiger partial charge is 0.303 e. The van der Waals surface area contributed by atoms with Crippen LogP contribution < -0.4 is 10.1 Å². The van der Waals surface area contributed by atoms with Crippen molar-refractivity contribution in [1.29, 1.82) is 0 Å². The number of carbonyl (C=O) groups is 2. The Kier molecular flexibility index (Phi) is 8.98. The van der Waals surface area contributed by atoms with E-state index >= 15 is 0 Å². The van der Waals surface area contributed by atoms with Gasteiger partial charge in [-0.05, 0) is 66.8 Å². The van der Waals surface area contributed by atoms with E-state index in [9.17, 15) is 9.59 Å². The first-order valence-corrected chi connectivity index (χ1v) is 13.0. The summed E-state index contributed by atoms with van der Waals surface area (Å²) in [5.74, 6) is -0.600. The van der Waals surface area contributed by atoms with Crippen LogP contribution in [0.15, 0.2) is 91.1 Å². The number of hydrogen-bond acceptors (Lipinski definition) is 3. The van der Waals surface area contributed by atoms with E-state index in [1.54, 1.807) is 18.2 Å². The number of allylic oxidation sites excluding steroid dienone is 1. The molecule has 1 unspecified atom stereocenters. The molecule has 2 N–H and O–H groups in total. The lowest BCUT2D eigenvalue weighted by Crippen LogP contribution is -2.11. The SMILES string of the molecule is CCCC(c1ccccc1)n1ccc2cc(C(C)=CC(=O)Nc3ccccc3OCCCC(=O)O)ccc21. The number of aromatic nitrogens is 1. The first-order chi connectivity index (χ1) is 18.5. The van der Waals surface area contributed by atoms with Crippen LogP contribution in [0.25, 0.3) is 16.5 Å². The van der Waals surface area contributed by atoms with Crippen molar-refractivity contribution >= 4 is 34.0 Å². The lowest BCUT2D eigenvalue weighted by Gasteiger charge is -2.20. The summed E-state index contributed by atoms with van der Waals surface area (Å²) >= 11 is 0. The van der Waals surface area contributed by atoms with Gasteiger partial charge in [0.2, 0.25) is 5.91 Å². The molecule has 38 heavy (non-hydrogen) atoms. The van der Waals surface area contributed by atoms with Crippen LogP contribution in [0.1, 0.15) is 56.7 Å². The molecule has 196 valence electrons. The normalized spacial score (nSPS) is 12.3. The van der Waals surface area contributed by atoms with E-state index in [2.05, 4.69) is 71.5 Å². The molecular weight excluding hydrogens is 476 g/mol. The predicted octanol–water partition coefficient (Wildman–Crippen LogP) is 7.32. The Labute approximate surface area is 223 Å². The third-order valence-electron chi connectivity index (χ3n) is 6.54. The first kappa shape index (κ1) is 26.7. The van der Waals surface area contributed by atoms with E-state index in [1.807, 2.05) is 25.1 Å². The molecule has 1 amide bonds. The highest BCUT2D eigenvalue weighted by Crippen LogP contribution is 2.30. The molecule has 1 atom stereocenters. The molecule has 0 aliphatic carbocycles. The number of amides is 1. The maximum absolute atomic E-state index is 12.8. The van der Waals surface area contributed by atoms with Crippen molar-refractivity contribution in [3.8, 4) is 5.75 Å². The highest BCUT2D eigenvalue weighted by atomic mass is 16.5. The second-order valence-corrected chi connectivity index (χ2v) is 9.37. The number of fused-ring (bicyclic) bond motifs is 1. The van der Waals surface area contributed by atoms with Crippen LogP contribution >= 0.6 is 0 Å². The fraction of sp³-hybridized carbons (Fsp3) is 0.250. The molecule has 0 aliphatic rings. The van der Waals surface area contributed by atoms with E-state index in [4.69, 9.17) is 9.84 Å². The summed E-state index contributed by atoms with van der Waals surface area (Å²) in [5, 5.41) is 12.8. The van der Waals surface area contributed by atoms with Crippen LogP contribution in [-0.2, 0) is 9.59 Å². The maximum Gasteiger partial charge on any atom is 0.303 e. The van der Waals surface area contributed by atoms with Crippen LogP contribution in [0.2, 0.25) is 0 Å². The number of rotatable bonds is 12. The Morgan fingerprint density at radius 3 is 2.55 bits per heavy atom. The highest BCUT2D eigenvalue weighted by molar-refractivity contribution is 6.04. The highest BCUT2D eigenvalue weighted by Gasteiger charge is 2.15. The molecule has 0 saturated carbocycles. The molecule has 6 heteroatoms. The molecule has 0 radical (unpaired) electrons. The minimum Gasteiger partial charge on any atom is -0.491 e. The van der Waals surface area contributed by atoms with E-state index in [-0.39, 0.29) is 25.0 Å². The number of nitrogens with zero attached hydrogens (tertiary/aromatic N) is 1. The molecular formula is C32H34N2O4. The summed E-state index contributed by atoms with van der Waals surface area (Å²) in [6.45, 7) is 4.40. The van der Waals surface area contributed by atoms with Gasteiger partial charge in [-0.25, -0.2) is 0 Å². The van der Waals surface area contributed by atoms with Crippen molar-refractivity contribution in [2.24, 2.45) is 0 Å². The number of hydrogen-bond donors (Lipinski definition) is 2. The van der Waals surface area contributed by atoms with Crippen molar-refractivity contribution in [2.75, 3.05) is 11.9 Å². The lowest BCUT2D eigenvalue weighted by molar-refractivity contribution is -0.137. The van der Waals surface area contributed by atoms with Gasteiger partial charge in [0.25, 0.3) is 0 Å². The Bertz CT molecular complexity index is 1420. The molecule has 0 bridgehead atoms. The van der Waals surface area contributed by atoms with E-state index < -0.39 is 5.97 Å². The molecule has 0 spiro atoms. The summed E-state index contributed by atoms with van der Waals surface area (Å²) in [7, 11) is 0. The molecule has 0 saturated heterocycles. The largest absolute Gasteiger partial charge is 0.491 e. The van der Waals surface area contributed by atoms with Crippen LogP contribution in [0.5, 0.6) is 5.75 Å². The quantitative estimate of drug-likeness (QED) is 0.155.